The molecular weight excluding hydrogens is 345 g/mol. The SMILES string of the molecule is COC1CN(C(=O)c2cccc(I)c2)CC1OC. The van der Waals surface area contributed by atoms with Gasteiger partial charge in [-0.2, -0.15) is 0 Å². The minimum absolute atomic E-state index is 0.0371. The van der Waals surface area contributed by atoms with Crippen LogP contribution >= 0.6 is 22.6 Å². The fourth-order valence-electron chi connectivity index (χ4n) is 2.17. The predicted octanol–water partition coefficient (Wildman–Crippen LogP) is 1.78. The zero-order valence-electron chi connectivity index (χ0n) is 10.4. The first-order valence-corrected chi connectivity index (χ1v) is 6.84. The summed E-state index contributed by atoms with van der Waals surface area (Å²) >= 11 is 2.20. The molecule has 98 valence electrons. The summed E-state index contributed by atoms with van der Waals surface area (Å²) in [4.78, 5) is 14.1. The summed E-state index contributed by atoms with van der Waals surface area (Å²) in [7, 11) is 3.30. The third kappa shape index (κ3) is 2.84. The van der Waals surface area contributed by atoms with Crippen LogP contribution in [-0.2, 0) is 9.47 Å². The van der Waals surface area contributed by atoms with Gasteiger partial charge in [-0.05, 0) is 40.8 Å². The largest absolute Gasteiger partial charge is 0.377 e. The fraction of sp³-hybridized carbons (Fsp3) is 0.462. The Balaban J connectivity index is 2.11. The number of carbonyl (C=O) groups is 1. The van der Waals surface area contributed by atoms with Gasteiger partial charge in [0.15, 0.2) is 0 Å². The molecule has 0 saturated carbocycles. The fourth-order valence-corrected chi connectivity index (χ4v) is 2.71. The van der Waals surface area contributed by atoms with Crippen molar-refractivity contribution >= 4 is 28.5 Å². The minimum Gasteiger partial charge on any atom is -0.377 e. The van der Waals surface area contributed by atoms with E-state index in [1.807, 2.05) is 24.3 Å². The van der Waals surface area contributed by atoms with Crippen molar-refractivity contribution in [2.75, 3.05) is 27.3 Å². The molecule has 1 aromatic rings. The molecule has 1 aliphatic heterocycles. The molecule has 1 amide bonds. The maximum atomic E-state index is 12.3. The topological polar surface area (TPSA) is 38.8 Å². The first-order valence-electron chi connectivity index (χ1n) is 5.76. The lowest BCUT2D eigenvalue weighted by Crippen LogP contribution is -2.30. The number of hydrogen-bond acceptors (Lipinski definition) is 3. The third-order valence-electron chi connectivity index (χ3n) is 3.18. The van der Waals surface area contributed by atoms with E-state index < -0.39 is 0 Å². The van der Waals surface area contributed by atoms with Crippen molar-refractivity contribution in [3.8, 4) is 0 Å². The van der Waals surface area contributed by atoms with Crippen molar-refractivity contribution < 1.29 is 14.3 Å². The van der Waals surface area contributed by atoms with Crippen LogP contribution in [0.15, 0.2) is 24.3 Å². The van der Waals surface area contributed by atoms with Crippen LogP contribution in [0.2, 0.25) is 0 Å². The van der Waals surface area contributed by atoms with Gasteiger partial charge in [0.05, 0.1) is 0 Å². The van der Waals surface area contributed by atoms with Crippen LogP contribution in [0.25, 0.3) is 0 Å². The number of likely N-dealkylation sites (tertiary alicyclic amines) is 1. The molecular formula is C13H16INO3. The average Bonchev–Trinajstić information content (AvgIpc) is 2.81. The summed E-state index contributed by atoms with van der Waals surface area (Å²) in [5.41, 5.74) is 0.716. The summed E-state index contributed by atoms with van der Waals surface area (Å²) in [5.74, 6) is 0.0371. The van der Waals surface area contributed by atoms with Crippen molar-refractivity contribution in [2.24, 2.45) is 0 Å². The maximum Gasteiger partial charge on any atom is 0.254 e. The van der Waals surface area contributed by atoms with Crippen LogP contribution in [0.3, 0.4) is 0 Å². The number of hydrogen-bond donors (Lipinski definition) is 0. The van der Waals surface area contributed by atoms with E-state index in [4.69, 9.17) is 9.47 Å². The lowest BCUT2D eigenvalue weighted by atomic mass is 10.2. The van der Waals surface area contributed by atoms with Gasteiger partial charge in [0.2, 0.25) is 0 Å². The van der Waals surface area contributed by atoms with E-state index in [0.29, 0.717) is 18.7 Å². The van der Waals surface area contributed by atoms with Crippen LogP contribution < -0.4 is 0 Å². The van der Waals surface area contributed by atoms with E-state index in [1.165, 1.54) is 0 Å². The van der Waals surface area contributed by atoms with Crippen LogP contribution in [0, 0.1) is 3.57 Å². The molecule has 0 aliphatic carbocycles. The van der Waals surface area contributed by atoms with E-state index in [0.717, 1.165) is 3.57 Å². The highest BCUT2D eigenvalue weighted by Gasteiger charge is 2.35. The van der Waals surface area contributed by atoms with E-state index in [1.54, 1.807) is 19.1 Å². The van der Waals surface area contributed by atoms with Crippen LogP contribution in [-0.4, -0.2) is 50.3 Å². The van der Waals surface area contributed by atoms with Crippen molar-refractivity contribution in [1.29, 1.82) is 0 Å². The molecule has 1 aromatic carbocycles. The van der Waals surface area contributed by atoms with Crippen molar-refractivity contribution in [2.45, 2.75) is 12.2 Å². The average molecular weight is 361 g/mol. The maximum absolute atomic E-state index is 12.3. The van der Waals surface area contributed by atoms with E-state index in [9.17, 15) is 4.79 Å². The predicted molar refractivity (Wildman–Crippen MR) is 76.7 cm³/mol. The zero-order valence-corrected chi connectivity index (χ0v) is 12.6. The molecule has 1 heterocycles. The second kappa shape index (κ2) is 5.99. The van der Waals surface area contributed by atoms with Gasteiger partial charge < -0.3 is 14.4 Å². The molecule has 1 saturated heterocycles. The van der Waals surface area contributed by atoms with Gasteiger partial charge in [0.1, 0.15) is 12.2 Å². The normalized spacial score (nSPS) is 23.4. The van der Waals surface area contributed by atoms with Gasteiger partial charge in [-0.1, -0.05) is 6.07 Å². The van der Waals surface area contributed by atoms with Gasteiger partial charge in [0, 0.05) is 36.4 Å². The number of benzene rings is 1. The van der Waals surface area contributed by atoms with Crippen LogP contribution in [0.5, 0.6) is 0 Å². The Labute approximate surface area is 120 Å². The number of methoxy groups -OCH3 is 2. The van der Waals surface area contributed by atoms with Gasteiger partial charge in [-0.25, -0.2) is 0 Å². The highest BCUT2D eigenvalue weighted by atomic mass is 127. The van der Waals surface area contributed by atoms with Gasteiger partial charge in [-0.15, -0.1) is 0 Å². The van der Waals surface area contributed by atoms with E-state index >= 15 is 0 Å². The Morgan fingerprint density at radius 3 is 2.39 bits per heavy atom. The quantitative estimate of drug-likeness (QED) is 0.771. The molecule has 2 rings (SSSR count). The van der Waals surface area contributed by atoms with Gasteiger partial charge >= 0.3 is 0 Å². The summed E-state index contributed by atoms with van der Waals surface area (Å²) in [5, 5.41) is 0. The molecule has 1 fully saturated rings. The highest BCUT2D eigenvalue weighted by Crippen LogP contribution is 2.19. The summed E-state index contributed by atoms with van der Waals surface area (Å²) < 4.78 is 11.7. The third-order valence-corrected chi connectivity index (χ3v) is 3.85. The van der Waals surface area contributed by atoms with Gasteiger partial charge in [-0.3, -0.25) is 4.79 Å². The first kappa shape index (κ1) is 13.8. The van der Waals surface area contributed by atoms with E-state index in [2.05, 4.69) is 22.6 Å². The number of ether oxygens (including phenoxy) is 2. The molecule has 0 radical (unpaired) electrons. The van der Waals surface area contributed by atoms with Gasteiger partial charge in [0.25, 0.3) is 5.91 Å². The standard InChI is InChI=1S/C13H16INO3/c1-17-11-7-15(8-12(11)18-2)13(16)9-4-3-5-10(14)6-9/h3-6,11-12H,7-8H2,1-2H3. The summed E-state index contributed by atoms with van der Waals surface area (Å²) in [6, 6.07) is 7.60. The molecule has 2 atom stereocenters. The van der Waals surface area contributed by atoms with Crippen molar-refractivity contribution in [3.05, 3.63) is 33.4 Å². The monoisotopic (exact) mass is 361 g/mol. The Morgan fingerprint density at radius 2 is 1.89 bits per heavy atom. The summed E-state index contributed by atoms with van der Waals surface area (Å²) in [6.07, 6.45) is -0.0801. The molecule has 1 aliphatic rings. The second-order valence-corrected chi connectivity index (χ2v) is 5.51. The Bertz CT molecular complexity index is 426. The number of nitrogens with zero attached hydrogens (tertiary/aromatic N) is 1. The molecule has 0 bridgehead atoms. The Morgan fingerprint density at radius 1 is 1.28 bits per heavy atom. The van der Waals surface area contributed by atoms with Crippen LogP contribution in [0.4, 0.5) is 0 Å². The first-order chi connectivity index (χ1) is 8.65. The molecule has 2 unspecified atom stereocenters. The van der Waals surface area contributed by atoms with E-state index in [-0.39, 0.29) is 18.1 Å². The minimum atomic E-state index is -0.0401. The Hall–Kier alpha value is -0.660. The Kier molecular flexibility index (Phi) is 4.58. The van der Waals surface area contributed by atoms with Crippen molar-refractivity contribution in [1.82, 2.24) is 4.90 Å². The van der Waals surface area contributed by atoms with Crippen molar-refractivity contribution in [3.63, 3.8) is 0 Å². The molecule has 18 heavy (non-hydrogen) atoms. The molecule has 5 heteroatoms. The lowest BCUT2D eigenvalue weighted by Gasteiger charge is -2.15. The number of halogens is 1. The number of rotatable bonds is 3. The van der Waals surface area contributed by atoms with Crippen LogP contribution in [0.1, 0.15) is 10.4 Å². The molecule has 4 nitrogen and oxygen atoms in total. The second-order valence-electron chi connectivity index (χ2n) is 4.27. The number of carbonyl (C=O) groups excluding carboxylic acids is 1. The molecule has 0 aromatic heterocycles. The number of amides is 1. The molecule has 0 N–H and O–H groups in total. The zero-order chi connectivity index (χ0) is 13.1. The summed E-state index contributed by atoms with van der Waals surface area (Å²) in [6.45, 7) is 1.17. The molecule has 0 spiro atoms. The smallest absolute Gasteiger partial charge is 0.254 e. The highest BCUT2D eigenvalue weighted by molar-refractivity contribution is 14.1. The lowest BCUT2D eigenvalue weighted by molar-refractivity contribution is -0.00461.